The first kappa shape index (κ1) is 18.7. The number of hydrogen-bond donors (Lipinski definition) is 2. The maximum Gasteiger partial charge on any atom is 0.191 e. The summed E-state index contributed by atoms with van der Waals surface area (Å²) in [7, 11) is 0. The molecule has 0 saturated carbocycles. The van der Waals surface area contributed by atoms with Crippen LogP contribution < -0.4 is 10.6 Å². The minimum atomic E-state index is 0. The summed E-state index contributed by atoms with van der Waals surface area (Å²) in [6, 6.07) is 5.80. The Morgan fingerprint density at radius 3 is 2.79 bits per heavy atom. The third-order valence-corrected chi connectivity index (χ3v) is 3.03. The van der Waals surface area contributed by atoms with Crippen molar-refractivity contribution in [2.75, 3.05) is 13.1 Å². The van der Waals surface area contributed by atoms with Gasteiger partial charge >= 0.3 is 0 Å². The third kappa shape index (κ3) is 7.17. The summed E-state index contributed by atoms with van der Waals surface area (Å²) >= 11 is 9.52. The van der Waals surface area contributed by atoms with Gasteiger partial charge < -0.3 is 10.6 Å². The molecule has 0 heterocycles. The van der Waals surface area contributed by atoms with Gasteiger partial charge in [0.25, 0.3) is 0 Å². The molecule has 0 radical (unpaired) electrons. The van der Waals surface area contributed by atoms with Crippen LogP contribution in [0.25, 0.3) is 0 Å². The summed E-state index contributed by atoms with van der Waals surface area (Å²) in [5, 5.41) is 7.01. The number of rotatable bonds is 5. The van der Waals surface area contributed by atoms with E-state index in [4.69, 9.17) is 11.6 Å². The molecule has 1 aromatic rings. The van der Waals surface area contributed by atoms with Crippen molar-refractivity contribution in [2.24, 2.45) is 4.99 Å². The maximum atomic E-state index is 6.14. The molecular formula is C13H18BrClIN3. The molecule has 0 unspecified atom stereocenters. The molecule has 0 aromatic heterocycles. The molecule has 19 heavy (non-hydrogen) atoms. The van der Waals surface area contributed by atoms with Gasteiger partial charge in [0.15, 0.2) is 5.96 Å². The van der Waals surface area contributed by atoms with E-state index in [0.717, 1.165) is 22.5 Å². The lowest BCUT2D eigenvalue weighted by atomic mass is 10.2. The Bertz CT molecular complexity index is 438. The van der Waals surface area contributed by atoms with Crippen LogP contribution >= 0.6 is 51.5 Å². The van der Waals surface area contributed by atoms with Gasteiger partial charge in [-0.05, 0) is 24.6 Å². The van der Waals surface area contributed by atoms with Crippen molar-refractivity contribution in [3.05, 3.63) is 45.9 Å². The lowest BCUT2D eigenvalue weighted by molar-refractivity contribution is 0.860. The smallest absolute Gasteiger partial charge is 0.191 e. The number of benzene rings is 1. The standard InChI is InChI=1S/C13H17BrClN3.HI/c1-3-7-17-13(16-4-2)18-9-10-5-6-11(14)8-12(10)15;/h3,5-6,8H,1,4,7,9H2,2H3,(H2,16,17,18);1H. The van der Waals surface area contributed by atoms with Crippen LogP contribution in [0.4, 0.5) is 0 Å². The summed E-state index contributed by atoms with van der Waals surface area (Å²) < 4.78 is 0.969. The molecule has 0 atom stereocenters. The van der Waals surface area contributed by atoms with Gasteiger partial charge in [-0.2, -0.15) is 0 Å². The van der Waals surface area contributed by atoms with Crippen molar-refractivity contribution in [3.8, 4) is 0 Å². The van der Waals surface area contributed by atoms with Gasteiger partial charge in [0.05, 0.1) is 6.54 Å². The van der Waals surface area contributed by atoms with Crippen LogP contribution in [0.5, 0.6) is 0 Å². The van der Waals surface area contributed by atoms with E-state index < -0.39 is 0 Å². The van der Waals surface area contributed by atoms with Crippen LogP contribution in [-0.2, 0) is 6.54 Å². The van der Waals surface area contributed by atoms with Crippen molar-refractivity contribution in [1.82, 2.24) is 10.6 Å². The Hall–Kier alpha value is -0.270. The highest BCUT2D eigenvalue weighted by Gasteiger charge is 2.01. The van der Waals surface area contributed by atoms with Gasteiger partial charge in [0, 0.05) is 22.6 Å². The topological polar surface area (TPSA) is 36.4 Å². The highest BCUT2D eigenvalue weighted by molar-refractivity contribution is 14.0. The lowest BCUT2D eigenvalue weighted by Gasteiger charge is -2.09. The predicted molar refractivity (Wildman–Crippen MR) is 97.6 cm³/mol. The average Bonchev–Trinajstić information content (AvgIpc) is 2.34. The zero-order valence-corrected chi connectivity index (χ0v) is 15.4. The second kappa shape index (κ2) is 10.5. The largest absolute Gasteiger partial charge is 0.357 e. The third-order valence-electron chi connectivity index (χ3n) is 2.18. The number of nitrogens with zero attached hydrogens (tertiary/aromatic N) is 1. The van der Waals surface area contributed by atoms with Gasteiger partial charge in [0.2, 0.25) is 0 Å². The zero-order chi connectivity index (χ0) is 13.4. The Labute approximate surface area is 145 Å². The predicted octanol–water partition coefficient (Wildman–Crippen LogP) is 3.96. The Morgan fingerprint density at radius 1 is 1.47 bits per heavy atom. The summed E-state index contributed by atoms with van der Waals surface area (Å²) in [4.78, 5) is 4.46. The van der Waals surface area contributed by atoms with Crippen LogP contribution in [0.15, 0.2) is 40.3 Å². The number of aliphatic imine (C=N–C) groups is 1. The molecule has 0 saturated heterocycles. The molecule has 0 aliphatic rings. The van der Waals surface area contributed by atoms with Gasteiger partial charge in [-0.1, -0.05) is 39.7 Å². The molecule has 1 aromatic carbocycles. The van der Waals surface area contributed by atoms with E-state index in [9.17, 15) is 0 Å². The molecule has 6 heteroatoms. The fraction of sp³-hybridized carbons (Fsp3) is 0.308. The summed E-state index contributed by atoms with van der Waals surface area (Å²) in [5.74, 6) is 0.761. The van der Waals surface area contributed by atoms with Crippen molar-refractivity contribution in [1.29, 1.82) is 0 Å². The average molecular weight is 459 g/mol. The number of hydrogen-bond acceptors (Lipinski definition) is 1. The van der Waals surface area contributed by atoms with Crippen LogP contribution in [0.1, 0.15) is 12.5 Å². The van der Waals surface area contributed by atoms with Crippen molar-refractivity contribution in [2.45, 2.75) is 13.5 Å². The van der Waals surface area contributed by atoms with Crippen LogP contribution in [0.2, 0.25) is 5.02 Å². The van der Waals surface area contributed by atoms with E-state index in [1.807, 2.05) is 25.1 Å². The Morgan fingerprint density at radius 2 is 2.21 bits per heavy atom. The first-order chi connectivity index (χ1) is 8.67. The molecule has 2 N–H and O–H groups in total. The van der Waals surface area contributed by atoms with Gasteiger partial charge in [-0.3, -0.25) is 0 Å². The highest BCUT2D eigenvalue weighted by atomic mass is 127. The minimum Gasteiger partial charge on any atom is -0.357 e. The fourth-order valence-electron chi connectivity index (χ4n) is 1.32. The number of guanidine groups is 1. The van der Waals surface area contributed by atoms with Crippen molar-refractivity contribution >= 4 is 57.5 Å². The fourth-order valence-corrected chi connectivity index (χ4v) is 2.06. The zero-order valence-electron chi connectivity index (χ0n) is 10.7. The minimum absolute atomic E-state index is 0. The monoisotopic (exact) mass is 457 g/mol. The molecular weight excluding hydrogens is 440 g/mol. The number of halogens is 3. The first-order valence-corrected chi connectivity index (χ1v) is 6.91. The second-order valence-corrected chi connectivity index (χ2v) is 4.92. The maximum absolute atomic E-state index is 6.14. The SMILES string of the molecule is C=CCNC(=NCc1ccc(Br)cc1Cl)NCC.I. The van der Waals surface area contributed by atoms with Gasteiger partial charge in [-0.25, -0.2) is 4.99 Å². The normalized spacial score (nSPS) is 10.6. The highest BCUT2D eigenvalue weighted by Crippen LogP contribution is 2.21. The van der Waals surface area contributed by atoms with Crippen molar-refractivity contribution < 1.29 is 0 Å². The molecule has 1 rings (SSSR count). The van der Waals surface area contributed by atoms with Crippen LogP contribution in [0, 0.1) is 0 Å². The van der Waals surface area contributed by atoms with Crippen molar-refractivity contribution in [3.63, 3.8) is 0 Å². The molecule has 3 nitrogen and oxygen atoms in total. The summed E-state index contributed by atoms with van der Waals surface area (Å²) in [5.41, 5.74) is 0.996. The molecule has 106 valence electrons. The Kier molecular flexibility index (Phi) is 10.4. The van der Waals surface area contributed by atoms with E-state index in [0.29, 0.717) is 18.1 Å². The molecule has 0 aliphatic heterocycles. The van der Waals surface area contributed by atoms with Crippen LogP contribution in [-0.4, -0.2) is 19.0 Å². The van der Waals surface area contributed by atoms with E-state index in [2.05, 4.69) is 38.1 Å². The summed E-state index contributed by atoms with van der Waals surface area (Å²) in [6.45, 7) is 7.73. The summed E-state index contributed by atoms with van der Waals surface area (Å²) in [6.07, 6.45) is 1.79. The first-order valence-electron chi connectivity index (χ1n) is 5.74. The molecule has 0 bridgehead atoms. The van der Waals surface area contributed by atoms with Crippen LogP contribution in [0.3, 0.4) is 0 Å². The quantitative estimate of drug-likeness (QED) is 0.303. The Balaban J connectivity index is 0.00000324. The molecule has 0 aliphatic carbocycles. The van der Waals surface area contributed by atoms with Gasteiger partial charge in [-0.15, -0.1) is 30.6 Å². The lowest BCUT2D eigenvalue weighted by Crippen LogP contribution is -2.37. The molecule has 0 fully saturated rings. The van der Waals surface area contributed by atoms with E-state index in [1.54, 1.807) is 6.08 Å². The molecule has 0 amide bonds. The molecule has 0 spiro atoms. The number of nitrogens with one attached hydrogen (secondary N) is 2. The van der Waals surface area contributed by atoms with E-state index in [-0.39, 0.29) is 24.0 Å². The second-order valence-electron chi connectivity index (χ2n) is 3.60. The van der Waals surface area contributed by atoms with E-state index in [1.165, 1.54) is 0 Å². The van der Waals surface area contributed by atoms with Gasteiger partial charge in [0.1, 0.15) is 0 Å². The van der Waals surface area contributed by atoms with E-state index >= 15 is 0 Å².